The lowest BCUT2D eigenvalue weighted by Gasteiger charge is -2.18. The van der Waals surface area contributed by atoms with E-state index in [2.05, 4.69) is 16.4 Å². The summed E-state index contributed by atoms with van der Waals surface area (Å²) in [5, 5.41) is 3.09. The molecule has 0 saturated heterocycles. The van der Waals surface area contributed by atoms with Gasteiger partial charge in [-0.05, 0) is 19.3 Å². The van der Waals surface area contributed by atoms with E-state index in [1.807, 2.05) is 6.20 Å². The number of aliphatic imine (C=N–C) groups is 1. The number of rotatable bonds is 1. The zero-order valence-corrected chi connectivity index (χ0v) is 7.71. The van der Waals surface area contributed by atoms with E-state index in [9.17, 15) is 0 Å². The molecule has 0 aromatic rings. The number of nitrogens with two attached hydrogens (primary N) is 1. The predicted molar refractivity (Wildman–Crippen MR) is 54.5 cm³/mol. The van der Waals surface area contributed by atoms with Crippen molar-refractivity contribution in [2.75, 3.05) is 13.1 Å². The van der Waals surface area contributed by atoms with Gasteiger partial charge in [0, 0.05) is 30.6 Å². The highest BCUT2D eigenvalue weighted by molar-refractivity contribution is 6.04. The van der Waals surface area contributed by atoms with Crippen molar-refractivity contribution in [3.8, 4) is 0 Å². The molecule has 2 aliphatic rings. The number of dihydropyridines is 1. The highest BCUT2D eigenvalue weighted by atomic mass is 14.9. The first-order valence-corrected chi connectivity index (χ1v) is 4.81. The summed E-state index contributed by atoms with van der Waals surface area (Å²) in [6.45, 7) is 1.84. The Morgan fingerprint density at radius 1 is 1.38 bits per heavy atom. The molecular formula is C10H15N3. The summed E-state index contributed by atoms with van der Waals surface area (Å²) in [6, 6.07) is 0. The summed E-state index contributed by atoms with van der Waals surface area (Å²) < 4.78 is 0. The fourth-order valence-corrected chi connectivity index (χ4v) is 1.73. The lowest BCUT2D eigenvalue weighted by molar-refractivity contribution is 0.736. The molecule has 0 aliphatic carbocycles. The number of hydrogen-bond donors (Lipinski definition) is 2. The second-order valence-corrected chi connectivity index (χ2v) is 3.41. The highest BCUT2D eigenvalue weighted by Gasteiger charge is 2.13. The number of hydrogen-bond acceptors (Lipinski definition) is 3. The van der Waals surface area contributed by atoms with Crippen molar-refractivity contribution < 1.29 is 0 Å². The van der Waals surface area contributed by atoms with Crippen molar-refractivity contribution in [2.45, 2.75) is 19.3 Å². The van der Waals surface area contributed by atoms with Gasteiger partial charge >= 0.3 is 0 Å². The third kappa shape index (κ3) is 1.74. The Hall–Kier alpha value is -1.25. The van der Waals surface area contributed by atoms with Crippen LogP contribution in [-0.2, 0) is 0 Å². The molecule has 2 heterocycles. The van der Waals surface area contributed by atoms with Crippen molar-refractivity contribution in [3.05, 3.63) is 23.5 Å². The first-order chi connectivity index (χ1) is 6.38. The first-order valence-electron chi connectivity index (χ1n) is 4.81. The smallest absolute Gasteiger partial charge is 0.0563 e. The van der Waals surface area contributed by atoms with Gasteiger partial charge in [0.1, 0.15) is 0 Å². The third-order valence-electron chi connectivity index (χ3n) is 2.43. The van der Waals surface area contributed by atoms with E-state index in [1.165, 1.54) is 18.6 Å². The zero-order chi connectivity index (χ0) is 9.10. The molecule has 0 atom stereocenters. The Morgan fingerprint density at radius 3 is 3.00 bits per heavy atom. The van der Waals surface area contributed by atoms with Crippen LogP contribution >= 0.6 is 0 Å². The van der Waals surface area contributed by atoms with E-state index in [1.54, 1.807) is 0 Å². The SMILES string of the molecule is NC1=CNCC=C1C1=NCCCC1. The van der Waals surface area contributed by atoms with Crippen LogP contribution in [0.25, 0.3) is 0 Å². The molecule has 3 nitrogen and oxygen atoms in total. The van der Waals surface area contributed by atoms with Crippen LogP contribution in [0.5, 0.6) is 0 Å². The third-order valence-corrected chi connectivity index (χ3v) is 2.43. The molecule has 2 aliphatic heterocycles. The van der Waals surface area contributed by atoms with Crippen molar-refractivity contribution in [1.29, 1.82) is 0 Å². The Bertz CT molecular complexity index is 287. The summed E-state index contributed by atoms with van der Waals surface area (Å²) >= 11 is 0. The molecule has 3 heteroatoms. The molecule has 0 bridgehead atoms. The van der Waals surface area contributed by atoms with Gasteiger partial charge in [-0.2, -0.15) is 0 Å². The normalized spacial score (nSPS) is 22.6. The molecule has 3 N–H and O–H groups in total. The minimum atomic E-state index is 0.826. The largest absolute Gasteiger partial charge is 0.397 e. The molecule has 0 spiro atoms. The maximum Gasteiger partial charge on any atom is 0.0563 e. The second kappa shape index (κ2) is 3.64. The molecule has 0 amide bonds. The monoisotopic (exact) mass is 177 g/mol. The molecule has 0 aromatic carbocycles. The molecule has 0 radical (unpaired) electrons. The molecule has 0 unspecified atom stereocenters. The van der Waals surface area contributed by atoms with E-state index in [4.69, 9.17) is 5.73 Å². The highest BCUT2D eigenvalue weighted by Crippen LogP contribution is 2.17. The van der Waals surface area contributed by atoms with E-state index >= 15 is 0 Å². The molecule has 2 rings (SSSR count). The Kier molecular flexibility index (Phi) is 2.34. The van der Waals surface area contributed by atoms with E-state index in [0.29, 0.717) is 0 Å². The maximum atomic E-state index is 5.86. The maximum absolute atomic E-state index is 5.86. The van der Waals surface area contributed by atoms with Crippen molar-refractivity contribution >= 4 is 5.71 Å². The average molecular weight is 177 g/mol. The topological polar surface area (TPSA) is 50.4 Å². The lowest BCUT2D eigenvalue weighted by atomic mass is 9.98. The van der Waals surface area contributed by atoms with Crippen LogP contribution in [0.2, 0.25) is 0 Å². The summed E-state index contributed by atoms with van der Waals surface area (Å²) in [5.74, 6) is 0. The van der Waals surface area contributed by atoms with Gasteiger partial charge in [0.05, 0.1) is 5.70 Å². The quantitative estimate of drug-likeness (QED) is 0.626. The molecule has 0 saturated carbocycles. The summed E-state index contributed by atoms with van der Waals surface area (Å²) in [5.41, 5.74) is 9.03. The van der Waals surface area contributed by atoms with Crippen molar-refractivity contribution in [3.63, 3.8) is 0 Å². The van der Waals surface area contributed by atoms with Crippen molar-refractivity contribution in [2.24, 2.45) is 10.7 Å². The molecule has 70 valence electrons. The standard InChI is InChI=1S/C10H15N3/c11-9-7-12-6-4-8(9)10-3-1-2-5-13-10/h4,7,12H,1-3,5-6,11H2. The average Bonchev–Trinajstić information content (AvgIpc) is 2.20. The fraction of sp³-hybridized carbons (Fsp3) is 0.500. The summed E-state index contributed by atoms with van der Waals surface area (Å²) in [7, 11) is 0. The predicted octanol–water partition coefficient (Wildman–Crippen LogP) is 0.941. The van der Waals surface area contributed by atoms with Crippen LogP contribution in [0.3, 0.4) is 0 Å². The zero-order valence-electron chi connectivity index (χ0n) is 7.71. The van der Waals surface area contributed by atoms with Gasteiger partial charge in [-0.25, -0.2) is 0 Å². The molecule has 0 fully saturated rings. The van der Waals surface area contributed by atoms with Gasteiger partial charge in [-0.1, -0.05) is 6.08 Å². The van der Waals surface area contributed by atoms with Crippen LogP contribution in [-0.4, -0.2) is 18.8 Å². The number of allylic oxidation sites excluding steroid dienone is 1. The summed E-state index contributed by atoms with van der Waals surface area (Å²) in [4.78, 5) is 4.50. The van der Waals surface area contributed by atoms with Crippen LogP contribution in [0.15, 0.2) is 28.5 Å². The van der Waals surface area contributed by atoms with Gasteiger partial charge in [0.2, 0.25) is 0 Å². The van der Waals surface area contributed by atoms with Crippen LogP contribution in [0.1, 0.15) is 19.3 Å². The fourth-order valence-electron chi connectivity index (χ4n) is 1.73. The minimum absolute atomic E-state index is 0.826. The lowest BCUT2D eigenvalue weighted by Crippen LogP contribution is -2.22. The van der Waals surface area contributed by atoms with Gasteiger partial charge in [0.25, 0.3) is 0 Å². The van der Waals surface area contributed by atoms with E-state index in [0.717, 1.165) is 30.8 Å². The molecule has 13 heavy (non-hydrogen) atoms. The Morgan fingerprint density at radius 2 is 2.31 bits per heavy atom. The van der Waals surface area contributed by atoms with Gasteiger partial charge in [0.15, 0.2) is 0 Å². The first kappa shape index (κ1) is 8.35. The summed E-state index contributed by atoms with van der Waals surface area (Å²) in [6.07, 6.45) is 7.54. The van der Waals surface area contributed by atoms with Gasteiger partial charge in [-0.3, -0.25) is 4.99 Å². The number of nitrogens with zero attached hydrogens (tertiary/aromatic N) is 1. The van der Waals surface area contributed by atoms with E-state index < -0.39 is 0 Å². The van der Waals surface area contributed by atoms with Crippen molar-refractivity contribution in [1.82, 2.24) is 5.32 Å². The van der Waals surface area contributed by atoms with Crippen LogP contribution in [0, 0.1) is 0 Å². The van der Waals surface area contributed by atoms with Gasteiger partial charge < -0.3 is 11.1 Å². The Labute approximate surface area is 78.4 Å². The Balaban J connectivity index is 2.19. The number of nitrogens with one attached hydrogen (secondary N) is 1. The van der Waals surface area contributed by atoms with Gasteiger partial charge in [-0.15, -0.1) is 0 Å². The van der Waals surface area contributed by atoms with Crippen LogP contribution < -0.4 is 11.1 Å². The van der Waals surface area contributed by atoms with Crippen LogP contribution in [0.4, 0.5) is 0 Å². The second-order valence-electron chi connectivity index (χ2n) is 3.41. The molecule has 0 aromatic heterocycles. The molecular weight excluding hydrogens is 162 g/mol. The minimum Gasteiger partial charge on any atom is -0.397 e. The van der Waals surface area contributed by atoms with E-state index in [-0.39, 0.29) is 0 Å².